The Balaban J connectivity index is 1.84. The number of ether oxygens (including phenoxy) is 1. The fraction of sp³-hybridized carbons (Fsp3) is 0.647. The Morgan fingerprint density at radius 1 is 1.33 bits per heavy atom. The van der Waals surface area contributed by atoms with Crippen LogP contribution in [0.3, 0.4) is 0 Å². The van der Waals surface area contributed by atoms with Crippen LogP contribution in [-0.4, -0.2) is 37.2 Å². The summed E-state index contributed by atoms with van der Waals surface area (Å²) in [6.07, 6.45) is 5.20. The van der Waals surface area contributed by atoms with Crippen molar-refractivity contribution in [3.63, 3.8) is 0 Å². The Morgan fingerprint density at radius 3 is 2.86 bits per heavy atom. The van der Waals surface area contributed by atoms with E-state index in [1.807, 2.05) is 24.3 Å². The molecule has 0 radical (unpaired) electrons. The maximum Gasteiger partial charge on any atom is 0.120 e. The lowest BCUT2D eigenvalue weighted by atomic mass is 9.83. The van der Waals surface area contributed by atoms with E-state index in [1.165, 1.54) is 25.7 Å². The van der Waals surface area contributed by atoms with Gasteiger partial charge in [0.25, 0.3) is 0 Å². The summed E-state index contributed by atoms with van der Waals surface area (Å²) in [5.41, 5.74) is 5.95. The predicted octanol–water partition coefficient (Wildman–Crippen LogP) is 3.56. The number of halogens is 1. The smallest absolute Gasteiger partial charge is 0.120 e. The molecule has 0 aromatic heterocycles. The molecule has 1 saturated carbocycles. The second-order valence-electron chi connectivity index (χ2n) is 5.78. The topological polar surface area (TPSA) is 38.5 Å². The van der Waals surface area contributed by atoms with Gasteiger partial charge < -0.3 is 10.5 Å². The van der Waals surface area contributed by atoms with E-state index in [2.05, 4.69) is 11.8 Å². The fourth-order valence-electron chi connectivity index (χ4n) is 3.34. The molecule has 0 heterocycles. The van der Waals surface area contributed by atoms with Crippen LogP contribution in [0, 0.1) is 5.92 Å². The van der Waals surface area contributed by atoms with Gasteiger partial charge in [0.15, 0.2) is 0 Å². The fourth-order valence-corrected chi connectivity index (χ4v) is 3.52. The summed E-state index contributed by atoms with van der Waals surface area (Å²) in [7, 11) is 0. The molecule has 3 nitrogen and oxygen atoms in total. The van der Waals surface area contributed by atoms with Crippen molar-refractivity contribution in [2.45, 2.75) is 38.6 Å². The zero-order valence-corrected chi connectivity index (χ0v) is 13.7. The van der Waals surface area contributed by atoms with Crippen molar-refractivity contribution in [3.8, 4) is 5.75 Å². The Kier molecular flexibility index (Phi) is 6.81. The van der Waals surface area contributed by atoms with Gasteiger partial charge in [-0.1, -0.05) is 37.4 Å². The van der Waals surface area contributed by atoms with E-state index >= 15 is 0 Å². The minimum Gasteiger partial charge on any atom is -0.492 e. The van der Waals surface area contributed by atoms with Gasteiger partial charge in [-0.15, -0.1) is 0 Å². The molecule has 0 bridgehead atoms. The summed E-state index contributed by atoms with van der Waals surface area (Å²) in [6.45, 7) is 5.73. The van der Waals surface area contributed by atoms with Crippen LogP contribution in [-0.2, 0) is 0 Å². The van der Waals surface area contributed by atoms with Gasteiger partial charge in [-0.2, -0.15) is 0 Å². The Labute approximate surface area is 133 Å². The Morgan fingerprint density at radius 2 is 2.14 bits per heavy atom. The quantitative estimate of drug-likeness (QED) is 0.837. The van der Waals surface area contributed by atoms with Crippen LogP contribution in [0.1, 0.15) is 32.6 Å². The van der Waals surface area contributed by atoms with Gasteiger partial charge in [-0.05, 0) is 50.0 Å². The standard InChI is InChI=1S/C17H27ClN2O/c1-2-20(17-9-4-3-6-14(17)13-19)10-11-21-16-8-5-7-15(18)12-16/h5,7-8,12,14,17H,2-4,6,9-11,13,19H2,1H3. The lowest BCUT2D eigenvalue weighted by Gasteiger charge is -2.39. The molecule has 2 unspecified atom stereocenters. The molecular weight excluding hydrogens is 284 g/mol. The molecule has 0 amide bonds. The first kappa shape index (κ1) is 16.6. The predicted molar refractivity (Wildman–Crippen MR) is 89.0 cm³/mol. The van der Waals surface area contributed by atoms with Gasteiger partial charge in [0.05, 0.1) is 0 Å². The number of likely N-dealkylation sites (N-methyl/N-ethyl adjacent to an activating group) is 1. The van der Waals surface area contributed by atoms with Crippen molar-refractivity contribution in [1.29, 1.82) is 0 Å². The van der Waals surface area contributed by atoms with Crippen LogP contribution in [0.15, 0.2) is 24.3 Å². The second-order valence-corrected chi connectivity index (χ2v) is 6.22. The van der Waals surface area contributed by atoms with Crippen LogP contribution in [0.25, 0.3) is 0 Å². The van der Waals surface area contributed by atoms with Crippen LogP contribution in [0.2, 0.25) is 5.02 Å². The highest BCUT2D eigenvalue weighted by Gasteiger charge is 2.28. The van der Waals surface area contributed by atoms with E-state index in [9.17, 15) is 0 Å². The van der Waals surface area contributed by atoms with Crippen molar-refractivity contribution >= 4 is 11.6 Å². The number of nitrogens with zero attached hydrogens (tertiary/aromatic N) is 1. The SMILES string of the molecule is CCN(CCOc1cccc(Cl)c1)C1CCCCC1CN. The number of benzene rings is 1. The molecule has 0 saturated heterocycles. The Hall–Kier alpha value is -0.770. The third kappa shape index (κ3) is 4.87. The third-order valence-corrected chi connectivity index (χ3v) is 4.73. The largest absolute Gasteiger partial charge is 0.492 e. The van der Waals surface area contributed by atoms with E-state index in [4.69, 9.17) is 22.1 Å². The van der Waals surface area contributed by atoms with E-state index in [-0.39, 0.29) is 0 Å². The maximum absolute atomic E-state index is 5.97. The third-order valence-electron chi connectivity index (χ3n) is 4.49. The molecule has 118 valence electrons. The van der Waals surface area contributed by atoms with Crippen molar-refractivity contribution in [3.05, 3.63) is 29.3 Å². The van der Waals surface area contributed by atoms with E-state index in [1.54, 1.807) is 0 Å². The first-order valence-corrected chi connectivity index (χ1v) is 8.45. The summed E-state index contributed by atoms with van der Waals surface area (Å²) >= 11 is 5.97. The van der Waals surface area contributed by atoms with Crippen molar-refractivity contribution in [1.82, 2.24) is 4.90 Å². The molecule has 21 heavy (non-hydrogen) atoms. The average molecular weight is 311 g/mol. The summed E-state index contributed by atoms with van der Waals surface area (Å²) in [5.74, 6) is 1.49. The Bertz CT molecular complexity index is 427. The van der Waals surface area contributed by atoms with E-state index < -0.39 is 0 Å². The van der Waals surface area contributed by atoms with Crippen LogP contribution in [0.4, 0.5) is 0 Å². The van der Waals surface area contributed by atoms with Crippen molar-refractivity contribution in [2.24, 2.45) is 11.7 Å². The molecule has 2 N–H and O–H groups in total. The average Bonchev–Trinajstić information content (AvgIpc) is 2.52. The number of nitrogens with two attached hydrogens (primary N) is 1. The summed E-state index contributed by atoms with van der Waals surface area (Å²) in [4.78, 5) is 2.53. The molecule has 2 rings (SSSR count). The van der Waals surface area contributed by atoms with Gasteiger partial charge in [0, 0.05) is 17.6 Å². The lowest BCUT2D eigenvalue weighted by Crippen LogP contribution is -2.46. The van der Waals surface area contributed by atoms with Crippen LogP contribution in [0.5, 0.6) is 5.75 Å². The first-order chi connectivity index (χ1) is 10.2. The molecule has 1 aliphatic carbocycles. The first-order valence-electron chi connectivity index (χ1n) is 8.07. The summed E-state index contributed by atoms with van der Waals surface area (Å²) in [5, 5.41) is 0.718. The van der Waals surface area contributed by atoms with Crippen molar-refractivity contribution in [2.75, 3.05) is 26.2 Å². The minimum absolute atomic E-state index is 0.622. The zero-order chi connectivity index (χ0) is 15.1. The normalized spacial score (nSPS) is 22.5. The van der Waals surface area contributed by atoms with Gasteiger partial charge >= 0.3 is 0 Å². The summed E-state index contributed by atoms with van der Waals surface area (Å²) in [6, 6.07) is 8.21. The molecule has 1 aromatic rings. The van der Waals surface area contributed by atoms with Gasteiger partial charge in [-0.25, -0.2) is 0 Å². The molecule has 4 heteroatoms. The highest BCUT2D eigenvalue weighted by molar-refractivity contribution is 6.30. The van der Waals surface area contributed by atoms with Gasteiger partial charge in [0.1, 0.15) is 12.4 Å². The van der Waals surface area contributed by atoms with Crippen molar-refractivity contribution < 1.29 is 4.74 Å². The molecular formula is C17H27ClN2O. The number of hydrogen-bond acceptors (Lipinski definition) is 3. The van der Waals surface area contributed by atoms with Crippen LogP contribution < -0.4 is 10.5 Å². The van der Waals surface area contributed by atoms with Crippen LogP contribution >= 0.6 is 11.6 Å². The molecule has 0 aliphatic heterocycles. The van der Waals surface area contributed by atoms with Gasteiger partial charge in [-0.3, -0.25) is 4.90 Å². The molecule has 1 fully saturated rings. The molecule has 2 atom stereocenters. The monoisotopic (exact) mass is 310 g/mol. The minimum atomic E-state index is 0.622. The lowest BCUT2D eigenvalue weighted by molar-refractivity contribution is 0.0958. The second kappa shape index (κ2) is 8.62. The molecule has 1 aromatic carbocycles. The highest BCUT2D eigenvalue weighted by Crippen LogP contribution is 2.27. The number of hydrogen-bond donors (Lipinski definition) is 1. The van der Waals surface area contributed by atoms with E-state index in [0.717, 1.165) is 30.4 Å². The molecule has 0 spiro atoms. The van der Waals surface area contributed by atoms with Gasteiger partial charge in [0.2, 0.25) is 0 Å². The van der Waals surface area contributed by atoms with E-state index in [0.29, 0.717) is 18.6 Å². The highest BCUT2D eigenvalue weighted by atomic mass is 35.5. The number of rotatable bonds is 7. The molecule has 1 aliphatic rings. The maximum atomic E-state index is 5.97. The summed E-state index contributed by atoms with van der Waals surface area (Å²) < 4.78 is 5.82. The zero-order valence-electron chi connectivity index (χ0n) is 12.9.